The molecule has 2 amide bonds. The van der Waals surface area contributed by atoms with Gasteiger partial charge in [-0.1, -0.05) is 13.0 Å². The summed E-state index contributed by atoms with van der Waals surface area (Å²) in [6, 6.07) is 10.3. The zero-order valence-corrected chi connectivity index (χ0v) is 12.9. The minimum atomic E-state index is -0.116. The molecular weight excluding hydrogens is 310 g/mol. The highest BCUT2D eigenvalue weighted by Crippen LogP contribution is 2.23. The molecule has 8 nitrogen and oxygen atoms in total. The van der Waals surface area contributed by atoms with Gasteiger partial charge in [0.1, 0.15) is 5.75 Å². The second-order valence-electron chi connectivity index (χ2n) is 4.89. The van der Waals surface area contributed by atoms with Gasteiger partial charge in [0.25, 0.3) is 0 Å². The highest BCUT2D eigenvalue weighted by Gasteiger charge is 2.07. The Balaban J connectivity index is 1.81. The van der Waals surface area contributed by atoms with Crippen LogP contribution in [0.3, 0.4) is 0 Å². The first kappa shape index (κ1) is 15.5. The van der Waals surface area contributed by atoms with E-state index in [0.717, 1.165) is 0 Å². The lowest BCUT2D eigenvalue weighted by atomic mass is 10.3. The molecule has 8 heteroatoms. The maximum Gasteiger partial charge on any atom is 0.237 e. The van der Waals surface area contributed by atoms with Gasteiger partial charge in [0.2, 0.25) is 18.2 Å². The average Bonchev–Trinajstić information content (AvgIpc) is 2.97. The summed E-state index contributed by atoms with van der Waals surface area (Å²) in [5.74, 6) is 1.21. The second kappa shape index (κ2) is 6.78. The fourth-order valence-electron chi connectivity index (χ4n) is 2.05. The Bertz CT molecular complexity index is 890. The minimum Gasteiger partial charge on any atom is -0.438 e. The number of aromatic nitrogens is 3. The fourth-order valence-corrected chi connectivity index (χ4v) is 2.05. The molecule has 0 atom stereocenters. The number of hydrogen-bond acceptors (Lipinski definition) is 5. The smallest absolute Gasteiger partial charge is 0.237 e. The summed E-state index contributed by atoms with van der Waals surface area (Å²) in [7, 11) is 0. The monoisotopic (exact) mass is 325 g/mol. The van der Waals surface area contributed by atoms with Gasteiger partial charge in [0.05, 0.1) is 6.20 Å². The van der Waals surface area contributed by atoms with Crippen LogP contribution in [0.2, 0.25) is 0 Å². The van der Waals surface area contributed by atoms with Crippen LogP contribution in [0, 0.1) is 0 Å². The van der Waals surface area contributed by atoms with Crippen LogP contribution in [0.1, 0.15) is 13.3 Å². The predicted molar refractivity (Wildman–Crippen MR) is 88.1 cm³/mol. The number of imidazole rings is 1. The number of benzene rings is 1. The van der Waals surface area contributed by atoms with E-state index in [-0.39, 0.29) is 5.91 Å². The number of rotatable bonds is 6. The van der Waals surface area contributed by atoms with E-state index >= 15 is 0 Å². The van der Waals surface area contributed by atoms with Crippen molar-refractivity contribution in [1.29, 1.82) is 0 Å². The van der Waals surface area contributed by atoms with Crippen molar-refractivity contribution in [3.05, 3.63) is 42.6 Å². The number of nitrogens with one attached hydrogen (secondary N) is 2. The molecule has 0 fully saturated rings. The van der Waals surface area contributed by atoms with Gasteiger partial charge in [-0.05, 0) is 18.2 Å². The number of carbonyl (C=O) groups excluding carboxylic acids is 2. The van der Waals surface area contributed by atoms with Crippen molar-refractivity contribution in [1.82, 2.24) is 14.6 Å². The van der Waals surface area contributed by atoms with Gasteiger partial charge in [-0.25, -0.2) is 9.50 Å². The molecule has 0 spiro atoms. The van der Waals surface area contributed by atoms with Gasteiger partial charge in [-0.15, -0.1) is 5.10 Å². The summed E-state index contributed by atoms with van der Waals surface area (Å²) in [5, 5.41) is 9.52. The number of hydrogen-bond donors (Lipinski definition) is 2. The fraction of sp³-hybridized carbons (Fsp3) is 0.125. The molecule has 0 saturated heterocycles. The lowest BCUT2D eigenvalue weighted by molar-refractivity contribution is -0.116. The van der Waals surface area contributed by atoms with Crippen molar-refractivity contribution in [2.24, 2.45) is 0 Å². The van der Waals surface area contributed by atoms with Gasteiger partial charge in [-0.3, -0.25) is 9.59 Å². The molecule has 24 heavy (non-hydrogen) atoms. The number of nitrogens with zero attached hydrogens (tertiary/aromatic N) is 3. The Morgan fingerprint density at radius 1 is 1.33 bits per heavy atom. The van der Waals surface area contributed by atoms with E-state index in [2.05, 4.69) is 20.7 Å². The molecule has 3 rings (SSSR count). The van der Waals surface area contributed by atoms with E-state index in [1.54, 1.807) is 49.5 Å². The molecule has 0 aliphatic rings. The topological polar surface area (TPSA) is 97.6 Å². The zero-order valence-electron chi connectivity index (χ0n) is 12.9. The summed E-state index contributed by atoms with van der Waals surface area (Å²) in [4.78, 5) is 26.2. The van der Waals surface area contributed by atoms with Gasteiger partial charge >= 0.3 is 0 Å². The summed E-state index contributed by atoms with van der Waals surface area (Å²) < 4.78 is 7.20. The number of anilines is 2. The molecule has 2 aromatic heterocycles. The van der Waals surface area contributed by atoms with Crippen LogP contribution in [0.4, 0.5) is 11.5 Å². The number of carbonyl (C=O) groups is 2. The summed E-state index contributed by atoms with van der Waals surface area (Å²) >= 11 is 0. The van der Waals surface area contributed by atoms with Gasteiger partial charge in [0, 0.05) is 24.2 Å². The lowest BCUT2D eigenvalue weighted by Crippen LogP contribution is -2.09. The maximum atomic E-state index is 11.4. The number of ether oxygens (including phenoxy) is 1. The molecule has 1 aromatic carbocycles. The van der Waals surface area contributed by atoms with Crippen LogP contribution in [-0.4, -0.2) is 26.9 Å². The predicted octanol–water partition coefficient (Wildman–Crippen LogP) is 2.44. The van der Waals surface area contributed by atoms with E-state index in [4.69, 9.17) is 4.74 Å². The largest absolute Gasteiger partial charge is 0.438 e. The average molecular weight is 325 g/mol. The molecular formula is C16H15N5O3. The van der Waals surface area contributed by atoms with Gasteiger partial charge in [-0.2, -0.15) is 0 Å². The van der Waals surface area contributed by atoms with E-state index in [9.17, 15) is 9.59 Å². The summed E-state index contributed by atoms with van der Waals surface area (Å²) in [5.41, 5.74) is 1.21. The number of amides is 2. The number of fused-ring (bicyclic) bond motifs is 1. The third kappa shape index (κ3) is 3.49. The van der Waals surface area contributed by atoms with Crippen molar-refractivity contribution in [3.8, 4) is 11.6 Å². The van der Waals surface area contributed by atoms with Crippen LogP contribution in [0.25, 0.3) is 5.65 Å². The van der Waals surface area contributed by atoms with Gasteiger partial charge in [0.15, 0.2) is 11.5 Å². The molecule has 0 aliphatic carbocycles. The molecule has 2 heterocycles. The third-order valence-corrected chi connectivity index (χ3v) is 3.17. The van der Waals surface area contributed by atoms with Crippen LogP contribution < -0.4 is 15.4 Å². The van der Waals surface area contributed by atoms with Crippen LogP contribution >= 0.6 is 0 Å². The molecule has 0 radical (unpaired) electrons. The first-order valence-electron chi connectivity index (χ1n) is 7.32. The maximum absolute atomic E-state index is 11.4. The van der Waals surface area contributed by atoms with Crippen LogP contribution in [-0.2, 0) is 9.59 Å². The molecule has 0 unspecified atom stereocenters. The van der Waals surface area contributed by atoms with Crippen molar-refractivity contribution in [2.75, 3.05) is 10.6 Å². The normalized spacial score (nSPS) is 10.4. The van der Waals surface area contributed by atoms with Crippen LogP contribution in [0.15, 0.2) is 42.6 Å². The van der Waals surface area contributed by atoms with Crippen molar-refractivity contribution in [2.45, 2.75) is 13.3 Å². The Morgan fingerprint density at radius 3 is 3.00 bits per heavy atom. The summed E-state index contributed by atoms with van der Waals surface area (Å²) in [6.45, 7) is 1.77. The lowest BCUT2D eigenvalue weighted by Gasteiger charge is -2.06. The van der Waals surface area contributed by atoms with Crippen LogP contribution in [0.5, 0.6) is 11.6 Å². The molecule has 0 saturated carbocycles. The third-order valence-electron chi connectivity index (χ3n) is 3.17. The quantitative estimate of drug-likeness (QED) is 0.678. The molecule has 0 aliphatic heterocycles. The van der Waals surface area contributed by atoms with Crippen molar-refractivity contribution in [3.63, 3.8) is 0 Å². The minimum absolute atomic E-state index is 0.116. The highest BCUT2D eigenvalue weighted by molar-refractivity contribution is 5.89. The Kier molecular flexibility index (Phi) is 4.37. The molecule has 2 N–H and O–H groups in total. The molecule has 0 bridgehead atoms. The SMILES string of the molecule is CCC(=O)Nc1cn2nc(Oc3cccc(NC=O)c3)ccc2n1. The Morgan fingerprint density at radius 2 is 2.21 bits per heavy atom. The second-order valence-corrected chi connectivity index (χ2v) is 4.89. The zero-order chi connectivity index (χ0) is 16.9. The Hall–Kier alpha value is -3.42. The van der Waals surface area contributed by atoms with Gasteiger partial charge < -0.3 is 15.4 Å². The highest BCUT2D eigenvalue weighted by atomic mass is 16.5. The standard InChI is InChI=1S/C16H15N5O3/c1-2-15(23)19-13-9-21-14(18-13)6-7-16(20-21)24-12-5-3-4-11(8-12)17-10-22/h3-10H,2H2,1H3,(H,17,22)(H,19,23). The van der Waals surface area contributed by atoms with Crippen molar-refractivity contribution < 1.29 is 14.3 Å². The first-order chi connectivity index (χ1) is 11.7. The first-order valence-corrected chi connectivity index (χ1v) is 7.32. The van der Waals surface area contributed by atoms with E-state index in [1.807, 2.05) is 0 Å². The molecule has 3 aromatic rings. The summed E-state index contributed by atoms with van der Waals surface area (Å²) in [6.07, 6.45) is 2.59. The van der Waals surface area contributed by atoms with E-state index < -0.39 is 0 Å². The van der Waals surface area contributed by atoms with E-state index in [0.29, 0.717) is 41.6 Å². The molecule has 122 valence electrons. The Labute approximate surface area is 137 Å². The van der Waals surface area contributed by atoms with Crippen molar-refractivity contribution >= 4 is 29.5 Å². The van der Waals surface area contributed by atoms with E-state index in [1.165, 1.54) is 4.52 Å².